The molecule has 3 heteroatoms. The Morgan fingerprint density at radius 1 is 1.33 bits per heavy atom. The molecule has 1 heterocycles. The van der Waals surface area contributed by atoms with Crippen molar-refractivity contribution in [2.24, 2.45) is 5.92 Å². The Bertz CT molecular complexity index is 342. The zero-order chi connectivity index (χ0) is 12.8. The third-order valence-corrected chi connectivity index (χ3v) is 6.32. The van der Waals surface area contributed by atoms with Crippen LogP contribution >= 0.6 is 23.1 Å². The molecule has 1 unspecified atom stereocenters. The van der Waals surface area contributed by atoms with Crippen LogP contribution in [0.4, 0.5) is 0 Å². The molecule has 0 radical (unpaired) electrons. The summed E-state index contributed by atoms with van der Waals surface area (Å²) in [7, 11) is 0. The molecule has 1 atom stereocenters. The van der Waals surface area contributed by atoms with Gasteiger partial charge in [0.1, 0.15) is 0 Å². The van der Waals surface area contributed by atoms with E-state index in [1.807, 2.05) is 11.8 Å². The van der Waals surface area contributed by atoms with Crippen molar-refractivity contribution < 1.29 is 5.11 Å². The molecular formula is C15H24OS2. The van der Waals surface area contributed by atoms with Crippen molar-refractivity contribution >= 4 is 23.1 Å². The van der Waals surface area contributed by atoms with Crippen LogP contribution in [-0.2, 0) is 0 Å². The summed E-state index contributed by atoms with van der Waals surface area (Å²) in [5.41, 5.74) is 0. The van der Waals surface area contributed by atoms with E-state index in [-0.39, 0.29) is 6.10 Å². The summed E-state index contributed by atoms with van der Waals surface area (Å²) < 4.78 is 1.38. The Labute approximate surface area is 119 Å². The van der Waals surface area contributed by atoms with Crippen molar-refractivity contribution in [1.29, 1.82) is 0 Å². The Balaban J connectivity index is 1.79. The molecule has 0 bridgehead atoms. The molecule has 102 valence electrons. The minimum atomic E-state index is -0.246. The lowest BCUT2D eigenvalue weighted by Crippen LogP contribution is -2.08. The minimum Gasteiger partial charge on any atom is -0.388 e. The molecule has 1 aromatic heterocycles. The van der Waals surface area contributed by atoms with Gasteiger partial charge in [0.05, 0.1) is 10.3 Å². The molecule has 1 saturated carbocycles. The molecule has 1 aromatic rings. The first-order chi connectivity index (χ1) is 8.79. The van der Waals surface area contributed by atoms with Crippen molar-refractivity contribution in [3.8, 4) is 0 Å². The van der Waals surface area contributed by atoms with E-state index in [1.165, 1.54) is 42.1 Å². The fraction of sp³-hybridized carbons (Fsp3) is 0.733. The van der Waals surface area contributed by atoms with Gasteiger partial charge in [-0.25, -0.2) is 0 Å². The first-order valence-corrected chi connectivity index (χ1v) is 9.00. The highest BCUT2D eigenvalue weighted by molar-refractivity contribution is 8.01. The Morgan fingerprint density at radius 3 is 2.83 bits per heavy atom. The molecule has 0 aromatic carbocycles. The van der Waals surface area contributed by atoms with Crippen LogP contribution in [0.3, 0.4) is 0 Å². The highest BCUT2D eigenvalue weighted by Crippen LogP contribution is 2.35. The molecule has 0 saturated heterocycles. The minimum absolute atomic E-state index is 0.246. The maximum absolute atomic E-state index is 9.95. The van der Waals surface area contributed by atoms with Gasteiger partial charge in [0, 0.05) is 10.6 Å². The summed E-state index contributed by atoms with van der Waals surface area (Å²) >= 11 is 3.77. The summed E-state index contributed by atoms with van der Waals surface area (Å²) in [5, 5.41) is 9.95. The van der Waals surface area contributed by atoms with Crippen molar-refractivity contribution in [3.05, 3.63) is 17.0 Å². The second kappa shape index (κ2) is 7.56. The van der Waals surface area contributed by atoms with Gasteiger partial charge in [-0.2, -0.15) is 0 Å². The fourth-order valence-corrected chi connectivity index (χ4v) is 4.94. The topological polar surface area (TPSA) is 20.2 Å². The molecule has 1 nitrogen and oxygen atoms in total. The fourth-order valence-electron chi connectivity index (χ4n) is 2.56. The molecule has 0 aliphatic heterocycles. The van der Waals surface area contributed by atoms with Crippen molar-refractivity contribution in [1.82, 2.24) is 0 Å². The molecule has 0 amide bonds. The first-order valence-electron chi connectivity index (χ1n) is 7.20. The van der Waals surface area contributed by atoms with Crippen LogP contribution in [0.5, 0.6) is 0 Å². The van der Waals surface area contributed by atoms with E-state index < -0.39 is 0 Å². The van der Waals surface area contributed by atoms with Crippen LogP contribution in [0.2, 0.25) is 0 Å². The summed E-state index contributed by atoms with van der Waals surface area (Å²) in [6.45, 7) is 2.12. The smallest absolute Gasteiger partial charge is 0.0882 e. The molecule has 0 spiro atoms. The average molecular weight is 284 g/mol. The van der Waals surface area contributed by atoms with Gasteiger partial charge in [0.25, 0.3) is 0 Å². The number of thiophene rings is 1. The first kappa shape index (κ1) is 14.4. The highest BCUT2D eigenvalue weighted by atomic mass is 32.2. The second-order valence-corrected chi connectivity index (χ2v) is 7.71. The zero-order valence-corrected chi connectivity index (χ0v) is 12.9. The van der Waals surface area contributed by atoms with Crippen LogP contribution in [0.1, 0.15) is 62.9 Å². The lowest BCUT2D eigenvalue weighted by atomic mass is 9.91. The van der Waals surface area contributed by atoms with E-state index in [2.05, 4.69) is 19.1 Å². The van der Waals surface area contributed by atoms with Gasteiger partial charge < -0.3 is 5.11 Å². The number of rotatable bonds is 6. The SMILES string of the molecule is CCCC(O)c1ccc(SCC2CCCCC2)s1. The van der Waals surface area contributed by atoms with Crippen molar-refractivity contribution in [3.63, 3.8) is 0 Å². The van der Waals surface area contributed by atoms with Crippen molar-refractivity contribution in [2.75, 3.05) is 5.75 Å². The predicted octanol–water partition coefficient (Wildman–Crippen LogP) is 5.25. The van der Waals surface area contributed by atoms with Crippen LogP contribution in [-0.4, -0.2) is 10.9 Å². The third kappa shape index (κ3) is 4.29. The molecule has 1 aliphatic rings. The van der Waals surface area contributed by atoms with E-state index in [1.54, 1.807) is 11.3 Å². The van der Waals surface area contributed by atoms with Gasteiger partial charge in [-0.1, -0.05) is 32.6 Å². The van der Waals surface area contributed by atoms with Crippen LogP contribution in [0.25, 0.3) is 0 Å². The van der Waals surface area contributed by atoms with Crippen LogP contribution in [0, 0.1) is 5.92 Å². The van der Waals surface area contributed by atoms with Gasteiger partial charge in [-0.05, 0) is 37.3 Å². The Hall–Kier alpha value is 0.01000. The quantitative estimate of drug-likeness (QED) is 0.720. The number of hydrogen-bond acceptors (Lipinski definition) is 3. The van der Waals surface area contributed by atoms with E-state index in [0.717, 1.165) is 23.6 Å². The third-order valence-electron chi connectivity index (χ3n) is 3.68. The molecule has 18 heavy (non-hydrogen) atoms. The summed E-state index contributed by atoms with van der Waals surface area (Å²) in [6, 6.07) is 4.29. The summed E-state index contributed by atoms with van der Waals surface area (Å²) in [6.07, 6.45) is 8.81. The normalized spacial score (nSPS) is 19.0. The molecule has 1 aliphatic carbocycles. The predicted molar refractivity (Wildman–Crippen MR) is 81.5 cm³/mol. The van der Waals surface area contributed by atoms with Crippen LogP contribution in [0.15, 0.2) is 16.3 Å². The van der Waals surface area contributed by atoms with Gasteiger partial charge in [0.2, 0.25) is 0 Å². The van der Waals surface area contributed by atoms with E-state index in [0.29, 0.717) is 0 Å². The maximum Gasteiger partial charge on any atom is 0.0882 e. The van der Waals surface area contributed by atoms with E-state index in [9.17, 15) is 5.11 Å². The largest absolute Gasteiger partial charge is 0.388 e. The average Bonchev–Trinajstić information content (AvgIpc) is 2.87. The number of hydrogen-bond donors (Lipinski definition) is 1. The summed E-state index contributed by atoms with van der Waals surface area (Å²) in [5.74, 6) is 2.19. The monoisotopic (exact) mass is 284 g/mol. The molecule has 2 rings (SSSR count). The van der Waals surface area contributed by atoms with Crippen LogP contribution < -0.4 is 0 Å². The number of aliphatic hydroxyl groups excluding tert-OH is 1. The standard InChI is InChI=1S/C15H24OS2/c1-2-6-13(16)14-9-10-15(18-14)17-11-12-7-4-3-5-8-12/h9-10,12-13,16H,2-8,11H2,1H3. The molecule has 1 N–H and O–H groups in total. The van der Waals surface area contributed by atoms with Gasteiger partial charge in [-0.15, -0.1) is 23.1 Å². The molecular weight excluding hydrogens is 260 g/mol. The Morgan fingerprint density at radius 2 is 2.11 bits per heavy atom. The van der Waals surface area contributed by atoms with Gasteiger partial charge in [0.15, 0.2) is 0 Å². The van der Waals surface area contributed by atoms with Gasteiger partial charge in [-0.3, -0.25) is 0 Å². The lowest BCUT2D eigenvalue weighted by molar-refractivity contribution is 0.170. The summed E-state index contributed by atoms with van der Waals surface area (Å²) in [4.78, 5) is 1.14. The Kier molecular flexibility index (Phi) is 6.06. The molecule has 1 fully saturated rings. The van der Waals surface area contributed by atoms with E-state index in [4.69, 9.17) is 0 Å². The van der Waals surface area contributed by atoms with E-state index >= 15 is 0 Å². The lowest BCUT2D eigenvalue weighted by Gasteiger charge is -2.20. The van der Waals surface area contributed by atoms with Gasteiger partial charge >= 0.3 is 0 Å². The maximum atomic E-state index is 9.95. The zero-order valence-electron chi connectivity index (χ0n) is 11.2. The second-order valence-electron chi connectivity index (χ2n) is 5.28. The highest BCUT2D eigenvalue weighted by Gasteiger charge is 2.15. The number of thioether (sulfide) groups is 1. The van der Waals surface area contributed by atoms with Crippen molar-refractivity contribution in [2.45, 2.75) is 62.2 Å². The number of aliphatic hydroxyl groups is 1.